The molecule has 0 aliphatic heterocycles. The van der Waals surface area contributed by atoms with E-state index in [1.165, 1.54) is 19.3 Å². The highest BCUT2D eigenvalue weighted by Gasteiger charge is 2.15. The van der Waals surface area contributed by atoms with E-state index < -0.39 is 7.37 Å². The van der Waals surface area contributed by atoms with E-state index in [9.17, 15) is 9.46 Å². The van der Waals surface area contributed by atoms with E-state index in [0.29, 0.717) is 0 Å². The number of rotatable bonds is 10. The van der Waals surface area contributed by atoms with Crippen LogP contribution in [0.1, 0.15) is 39.5 Å². The molecule has 0 spiro atoms. The largest absolute Gasteiger partial charge is 0.343 e. The maximum Gasteiger partial charge on any atom is 0.227 e. The number of nitrogens with one attached hydrogen (secondary N) is 2. The molecule has 0 saturated carbocycles. The van der Waals surface area contributed by atoms with Gasteiger partial charge >= 0.3 is 0 Å². The van der Waals surface area contributed by atoms with Gasteiger partial charge in [0.1, 0.15) is 0 Å². The smallest absolute Gasteiger partial charge is 0.227 e. The van der Waals surface area contributed by atoms with Gasteiger partial charge in [-0.2, -0.15) is 0 Å². The average Bonchev–Trinajstić information content (AvgIpc) is 2.20. The highest BCUT2D eigenvalue weighted by atomic mass is 31.2. The van der Waals surface area contributed by atoms with Gasteiger partial charge < -0.3 is 15.5 Å². The normalized spacial score (nSPS) is 15.1. The van der Waals surface area contributed by atoms with Gasteiger partial charge in [0.15, 0.2) is 0 Å². The maximum atomic E-state index is 11.5. The van der Waals surface area contributed by atoms with Crippen LogP contribution >= 0.6 is 7.37 Å². The predicted molar refractivity (Wildman–Crippen MR) is 65.4 cm³/mol. The van der Waals surface area contributed by atoms with Gasteiger partial charge in [-0.1, -0.05) is 33.1 Å². The third kappa shape index (κ3) is 10.4. The third-order valence-electron chi connectivity index (χ3n) is 2.17. The Morgan fingerprint density at radius 2 is 1.73 bits per heavy atom. The van der Waals surface area contributed by atoms with Crippen molar-refractivity contribution in [1.29, 1.82) is 0 Å². The van der Waals surface area contributed by atoms with E-state index >= 15 is 0 Å². The Hall–Kier alpha value is 0.110. The lowest BCUT2D eigenvalue weighted by atomic mass is 10.2. The molecule has 0 saturated heterocycles. The number of hydrogen-bond acceptors (Lipinski definition) is 3. The lowest BCUT2D eigenvalue weighted by Gasteiger charge is -2.12. The van der Waals surface area contributed by atoms with Gasteiger partial charge in [0.2, 0.25) is 7.37 Å². The van der Waals surface area contributed by atoms with Crippen LogP contribution in [-0.2, 0) is 4.57 Å². The standard InChI is InChI=1S/C10H25N2O2P/c1-3-5-6-7-8-12-10-15(13,14)9-11-4-2/h11-12H,3-10H2,1-2H3,(H,13,14). The second-order valence-electron chi connectivity index (χ2n) is 3.83. The Balaban J connectivity index is 3.36. The highest BCUT2D eigenvalue weighted by molar-refractivity contribution is 7.57. The fourth-order valence-corrected chi connectivity index (χ4v) is 2.47. The number of hydrogen-bond donors (Lipinski definition) is 3. The molecule has 0 aliphatic carbocycles. The van der Waals surface area contributed by atoms with Gasteiger partial charge in [-0.3, -0.25) is 4.57 Å². The molecule has 1 unspecified atom stereocenters. The first-order valence-electron chi connectivity index (χ1n) is 5.84. The first-order chi connectivity index (χ1) is 7.12. The second-order valence-corrected chi connectivity index (χ2v) is 6.15. The molecule has 0 radical (unpaired) electrons. The topological polar surface area (TPSA) is 61.4 Å². The molecule has 0 amide bonds. The van der Waals surface area contributed by atoms with E-state index in [4.69, 9.17) is 0 Å². The Morgan fingerprint density at radius 3 is 2.33 bits per heavy atom. The van der Waals surface area contributed by atoms with Crippen molar-refractivity contribution in [3.63, 3.8) is 0 Å². The predicted octanol–water partition coefficient (Wildman–Crippen LogP) is 1.95. The van der Waals surface area contributed by atoms with Crippen LogP contribution in [0.4, 0.5) is 0 Å². The summed E-state index contributed by atoms with van der Waals surface area (Å²) in [5.74, 6) is 0. The Morgan fingerprint density at radius 1 is 1.07 bits per heavy atom. The van der Waals surface area contributed by atoms with Crippen LogP contribution in [0, 0.1) is 0 Å². The lowest BCUT2D eigenvalue weighted by Crippen LogP contribution is -2.22. The first kappa shape index (κ1) is 15.1. The molecule has 0 fully saturated rings. The Kier molecular flexibility index (Phi) is 9.41. The van der Waals surface area contributed by atoms with Crippen LogP contribution in [0.3, 0.4) is 0 Å². The molecular formula is C10H25N2O2P. The van der Waals surface area contributed by atoms with E-state index in [1.807, 2.05) is 6.92 Å². The minimum Gasteiger partial charge on any atom is -0.343 e. The van der Waals surface area contributed by atoms with Gasteiger partial charge in [0, 0.05) is 0 Å². The lowest BCUT2D eigenvalue weighted by molar-refractivity contribution is 0.464. The summed E-state index contributed by atoms with van der Waals surface area (Å²) in [7, 11) is -2.99. The van der Waals surface area contributed by atoms with Crippen LogP contribution in [-0.4, -0.2) is 30.6 Å². The van der Waals surface area contributed by atoms with Crippen LogP contribution in [0.25, 0.3) is 0 Å². The van der Waals surface area contributed by atoms with Gasteiger partial charge in [-0.15, -0.1) is 0 Å². The summed E-state index contributed by atoms with van der Waals surface area (Å²) in [6.45, 7) is 5.68. The fraction of sp³-hybridized carbons (Fsp3) is 1.00. The molecule has 0 aromatic heterocycles. The molecule has 15 heavy (non-hydrogen) atoms. The zero-order valence-corrected chi connectivity index (χ0v) is 10.9. The van der Waals surface area contributed by atoms with Gasteiger partial charge in [0.05, 0.1) is 12.6 Å². The summed E-state index contributed by atoms with van der Waals surface area (Å²) < 4.78 is 11.5. The summed E-state index contributed by atoms with van der Waals surface area (Å²) in [5.41, 5.74) is 0. The maximum absolute atomic E-state index is 11.5. The van der Waals surface area contributed by atoms with Crippen LogP contribution in [0.2, 0.25) is 0 Å². The van der Waals surface area contributed by atoms with Crippen molar-refractivity contribution in [2.24, 2.45) is 0 Å². The van der Waals surface area contributed by atoms with Gasteiger partial charge in [-0.25, -0.2) is 0 Å². The van der Waals surface area contributed by atoms with Crippen LogP contribution in [0.5, 0.6) is 0 Å². The second kappa shape index (κ2) is 9.34. The molecule has 1 atom stereocenters. The first-order valence-corrected chi connectivity index (χ1v) is 7.87. The fourth-order valence-electron chi connectivity index (χ4n) is 1.27. The molecule has 5 heteroatoms. The van der Waals surface area contributed by atoms with Crippen molar-refractivity contribution in [1.82, 2.24) is 10.6 Å². The summed E-state index contributed by atoms with van der Waals surface area (Å²) >= 11 is 0. The summed E-state index contributed by atoms with van der Waals surface area (Å²) in [5, 5.41) is 5.94. The molecule has 92 valence electrons. The monoisotopic (exact) mass is 236 g/mol. The molecular weight excluding hydrogens is 211 g/mol. The summed E-state index contributed by atoms with van der Waals surface area (Å²) in [6, 6.07) is 0. The Bertz CT molecular complexity index is 188. The summed E-state index contributed by atoms with van der Waals surface area (Å²) in [4.78, 5) is 9.48. The minimum atomic E-state index is -2.99. The molecule has 0 bridgehead atoms. The molecule has 3 N–H and O–H groups in total. The van der Waals surface area contributed by atoms with Crippen LogP contribution in [0.15, 0.2) is 0 Å². The minimum absolute atomic E-state index is 0.214. The molecule has 0 rings (SSSR count). The molecule has 0 aromatic carbocycles. The van der Waals surface area contributed by atoms with Crippen molar-refractivity contribution < 1.29 is 9.46 Å². The SMILES string of the molecule is CCCCCCNCP(=O)(O)CNCC. The average molecular weight is 236 g/mol. The van der Waals surface area contributed by atoms with Gasteiger partial charge in [0.25, 0.3) is 0 Å². The third-order valence-corrected chi connectivity index (χ3v) is 3.61. The summed E-state index contributed by atoms with van der Waals surface area (Å²) in [6.07, 6.45) is 5.20. The van der Waals surface area contributed by atoms with Gasteiger partial charge in [-0.05, 0) is 19.5 Å². The van der Waals surface area contributed by atoms with Crippen molar-refractivity contribution in [3.8, 4) is 0 Å². The van der Waals surface area contributed by atoms with Crippen molar-refractivity contribution >= 4 is 7.37 Å². The molecule has 0 heterocycles. The van der Waals surface area contributed by atoms with E-state index in [0.717, 1.165) is 19.5 Å². The van der Waals surface area contributed by atoms with E-state index in [1.54, 1.807) is 0 Å². The highest BCUT2D eigenvalue weighted by Crippen LogP contribution is 2.36. The van der Waals surface area contributed by atoms with Crippen LogP contribution < -0.4 is 10.6 Å². The quantitative estimate of drug-likeness (QED) is 0.401. The molecule has 0 aliphatic rings. The van der Waals surface area contributed by atoms with E-state index in [-0.39, 0.29) is 12.6 Å². The molecule has 4 nitrogen and oxygen atoms in total. The van der Waals surface area contributed by atoms with Crippen molar-refractivity contribution in [3.05, 3.63) is 0 Å². The van der Waals surface area contributed by atoms with Crippen molar-refractivity contribution in [2.45, 2.75) is 39.5 Å². The van der Waals surface area contributed by atoms with Crippen molar-refractivity contribution in [2.75, 3.05) is 25.7 Å². The van der Waals surface area contributed by atoms with E-state index in [2.05, 4.69) is 17.6 Å². The number of unbranched alkanes of at least 4 members (excludes halogenated alkanes) is 3. The Labute approximate surface area is 93.3 Å². The zero-order chi connectivity index (χ0) is 11.6. The zero-order valence-electron chi connectivity index (χ0n) is 9.96. The molecule has 0 aromatic rings.